The number of alkyl halides is 1. The first-order chi connectivity index (χ1) is 9.81. The van der Waals surface area contributed by atoms with Crippen molar-refractivity contribution in [3.05, 3.63) is 24.3 Å². The average Bonchev–Trinajstić information content (AvgIpc) is 2.47. The average molecular weight is 300 g/mol. The molecule has 1 unspecified atom stereocenters. The molecule has 1 aromatic carbocycles. The molecule has 3 nitrogen and oxygen atoms in total. The van der Waals surface area contributed by atoms with E-state index in [0.29, 0.717) is 19.1 Å². The van der Waals surface area contributed by atoms with E-state index in [1.165, 1.54) is 0 Å². The third-order valence-electron chi connectivity index (χ3n) is 3.21. The zero-order valence-electron chi connectivity index (χ0n) is 12.5. The third-order valence-corrected chi connectivity index (χ3v) is 3.43. The van der Waals surface area contributed by atoms with Crippen LogP contribution in [0, 0.1) is 5.92 Å². The van der Waals surface area contributed by atoms with E-state index < -0.39 is 0 Å². The lowest BCUT2D eigenvalue weighted by Gasteiger charge is -2.15. The highest BCUT2D eigenvalue weighted by molar-refractivity contribution is 6.17. The van der Waals surface area contributed by atoms with Crippen molar-refractivity contribution in [2.45, 2.75) is 26.7 Å². The maximum absolute atomic E-state index is 5.78. The normalized spacial score (nSPS) is 12.2. The number of halogens is 1. The third kappa shape index (κ3) is 6.49. The smallest absolute Gasteiger partial charge is 0.161 e. The lowest BCUT2D eigenvalue weighted by Crippen LogP contribution is -2.27. The van der Waals surface area contributed by atoms with Crippen molar-refractivity contribution in [1.82, 2.24) is 5.32 Å². The summed E-state index contributed by atoms with van der Waals surface area (Å²) in [5, 5.41) is 3.42. The molecule has 0 aromatic heterocycles. The van der Waals surface area contributed by atoms with Crippen LogP contribution in [-0.2, 0) is 0 Å². The van der Waals surface area contributed by atoms with E-state index in [1.54, 1.807) is 0 Å². The van der Waals surface area contributed by atoms with Gasteiger partial charge in [0, 0.05) is 12.4 Å². The Morgan fingerprint density at radius 1 is 1.15 bits per heavy atom. The fraction of sp³-hybridized carbons (Fsp3) is 0.625. The number of rotatable bonds is 11. The van der Waals surface area contributed by atoms with Crippen LogP contribution in [0.3, 0.4) is 0 Å². The van der Waals surface area contributed by atoms with Crippen LogP contribution in [0.2, 0.25) is 0 Å². The Morgan fingerprint density at radius 2 is 1.85 bits per heavy atom. The Bertz CT molecular complexity index is 360. The van der Waals surface area contributed by atoms with Crippen LogP contribution in [0.5, 0.6) is 11.5 Å². The van der Waals surface area contributed by atoms with Crippen LogP contribution >= 0.6 is 11.6 Å². The highest BCUT2D eigenvalue weighted by Crippen LogP contribution is 2.25. The van der Waals surface area contributed by atoms with Gasteiger partial charge in [0.05, 0.1) is 6.61 Å². The molecular formula is C16H26ClNO2. The molecule has 4 heteroatoms. The first-order valence-electron chi connectivity index (χ1n) is 7.43. The monoisotopic (exact) mass is 299 g/mol. The molecule has 0 spiro atoms. The fourth-order valence-electron chi connectivity index (χ4n) is 1.99. The molecule has 0 bridgehead atoms. The van der Waals surface area contributed by atoms with Crippen LogP contribution in [0.15, 0.2) is 24.3 Å². The molecule has 114 valence electrons. The Hall–Kier alpha value is -0.930. The van der Waals surface area contributed by atoms with Gasteiger partial charge >= 0.3 is 0 Å². The van der Waals surface area contributed by atoms with E-state index in [9.17, 15) is 0 Å². The largest absolute Gasteiger partial charge is 0.490 e. The molecule has 0 aliphatic heterocycles. The summed E-state index contributed by atoms with van der Waals surface area (Å²) >= 11 is 5.78. The molecule has 0 amide bonds. The molecular weight excluding hydrogens is 274 g/mol. The molecule has 1 rings (SSSR count). The Kier molecular flexibility index (Phi) is 9.25. The highest BCUT2D eigenvalue weighted by Gasteiger charge is 2.05. The first-order valence-corrected chi connectivity index (χ1v) is 7.96. The number of benzene rings is 1. The fourth-order valence-corrected chi connectivity index (χ4v) is 2.30. The van der Waals surface area contributed by atoms with E-state index in [1.807, 2.05) is 31.2 Å². The topological polar surface area (TPSA) is 30.5 Å². The zero-order valence-corrected chi connectivity index (χ0v) is 13.3. The number of ether oxygens (including phenoxy) is 2. The summed E-state index contributed by atoms with van der Waals surface area (Å²) < 4.78 is 11.3. The highest BCUT2D eigenvalue weighted by atomic mass is 35.5. The van der Waals surface area contributed by atoms with Crippen LogP contribution in [0.4, 0.5) is 0 Å². The van der Waals surface area contributed by atoms with Crippen molar-refractivity contribution in [2.75, 3.05) is 32.2 Å². The van der Waals surface area contributed by atoms with E-state index in [-0.39, 0.29) is 0 Å². The Labute approximate surface area is 127 Å². The van der Waals surface area contributed by atoms with Gasteiger partial charge < -0.3 is 14.8 Å². The molecule has 0 aliphatic carbocycles. The molecule has 0 heterocycles. The van der Waals surface area contributed by atoms with Gasteiger partial charge in [-0.15, -0.1) is 11.6 Å². The number of hydrogen-bond acceptors (Lipinski definition) is 3. The summed E-state index contributed by atoms with van der Waals surface area (Å²) in [6, 6.07) is 7.78. The standard InChI is InChI=1S/C16H26ClNO2/c1-3-14(9-10-17)13-18-11-12-20-16-8-6-5-7-15(16)19-4-2/h5-8,14,18H,3-4,9-13H2,1-2H3. The molecule has 0 aliphatic rings. The minimum atomic E-state index is 0.640. The van der Waals surface area contributed by atoms with Gasteiger partial charge in [0.25, 0.3) is 0 Å². The Balaban J connectivity index is 2.24. The van der Waals surface area contributed by atoms with Crippen molar-refractivity contribution in [2.24, 2.45) is 5.92 Å². The number of hydrogen-bond donors (Lipinski definition) is 1. The second-order valence-electron chi connectivity index (χ2n) is 4.68. The molecule has 1 aromatic rings. The van der Waals surface area contributed by atoms with Crippen molar-refractivity contribution >= 4 is 11.6 Å². The van der Waals surface area contributed by atoms with Gasteiger partial charge in [-0.05, 0) is 37.9 Å². The maximum atomic E-state index is 5.78. The van der Waals surface area contributed by atoms with Crippen molar-refractivity contribution in [3.63, 3.8) is 0 Å². The van der Waals surface area contributed by atoms with E-state index in [0.717, 1.165) is 43.3 Å². The zero-order chi connectivity index (χ0) is 14.6. The predicted octanol–water partition coefficient (Wildman–Crippen LogP) is 3.71. The van der Waals surface area contributed by atoms with Crippen LogP contribution in [-0.4, -0.2) is 32.2 Å². The second kappa shape index (κ2) is 10.8. The molecule has 0 saturated heterocycles. The van der Waals surface area contributed by atoms with E-state index in [4.69, 9.17) is 21.1 Å². The molecule has 20 heavy (non-hydrogen) atoms. The van der Waals surface area contributed by atoms with Crippen LogP contribution < -0.4 is 14.8 Å². The molecule has 1 N–H and O–H groups in total. The summed E-state index contributed by atoms with van der Waals surface area (Å²) in [5.74, 6) is 3.01. The van der Waals surface area contributed by atoms with Gasteiger partial charge in [-0.25, -0.2) is 0 Å². The Morgan fingerprint density at radius 3 is 2.45 bits per heavy atom. The van der Waals surface area contributed by atoms with Crippen molar-refractivity contribution in [3.8, 4) is 11.5 Å². The van der Waals surface area contributed by atoms with Crippen molar-refractivity contribution < 1.29 is 9.47 Å². The molecule has 0 radical (unpaired) electrons. The summed E-state index contributed by atoms with van der Waals surface area (Å²) in [5.41, 5.74) is 0. The van der Waals surface area contributed by atoms with Crippen LogP contribution in [0.25, 0.3) is 0 Å². The molecule has 1 atom stereocenters. The quantitative estimate of drug-likeness (QED) is 0.499. The first kappa shape index (κ1) is 17.1. The summed E-state index contributed by atoms with van der Waals surface area (Å²) in [7, 11) is 0. The lowest BCUT2D eigenvalue weighted by atomic mass is 10.0. The second-order valence-corrected chi connectivity index (χ2v) is 5.06. The van der Waals surface area contributed by atoms with Crippen molar-refractivity contribution in [1.29, 1.82) is 0 Å². The van der Waals surface area contributed by atoms with Gasteiger partial charge in [0.2, 0.25) is 0 Å². The minimum absolute atomic E-state index is 0.640. The predicted molar refractivity (Wildman–Crippen MR) is 85.1 cm³/mol. The van der Waals surface area contributed by atoms with E-state index in [2.05, 4.69) is 12.2 Å². The van der Waals surface area contributed by atoms with Gasteiger partial charge in [-0.2, -0.15) is 0 Å². The van der Waals surface area contributed by atoms with Gasteiger partial charge in [-0.1, -0.05) is 25.5 Å². The van der Waals surface area contributed by atoms with Crippen LogP contribution in [0.1, 0.15) is 26.7 Å². The minimum Gasteiger partial charge on any atom is -0.490 e. The molecule has 0 saturated carbocycles. The van der Waals surface area contributed by atoms with Gasteiger partial charge in [0.15, 0.2) is 11.5 Å². The molecule has 0 fully saturated rings. The number of nitrogens with one attached hydrogen (secondary N) is 1. The summed E-state index contributed by atoms with van der Waals surface area (Å²) in [4.78, 5) is 0. The lowest BCUT2D eigenvalue weighted by molar-refractivity contribution is 0.273. The van der Waals surface area contributed by atoms with Gasteiger partial charge in [0.1, 0.15) is 6.61 Å². The number of para-hydroxylation sites is 2. The van der Waals surface area contributed by atoms with E-state index >= 15 is 0 Å². The van der Waals surface area contributed by atoms with Gasteiger partial charge in [-0.3, -0.25) is 0 Å². The SMILES string of the molecule is CCOc1ccccc1OCCNCC(CC)CCCl. The maximum Gasteiger partial charge on any atom is 0.161 e. The summed E-state index contributed by atoms with van der Waals surface area (Å²) in [6.07, 6.45) is 2.23. The summed E-state index contributed by atoms with van der Waals surface area (Å²) in [6.45, 7) is 7.30.